The third kappa shape index (κ3) is 3.32. The van der Waals surface area contributed by atoms with Crippen LogP contribution in [0.3, 0.4) is 0 Å². The summed E-state index contributed by atoms with van der Waals surface area (Å²) in [7, 11) is 0. The van der Waals surface area contributed by atoms with Crippen LogP contribution >= 0.6 is 11.6 Å². The van der Waals surface area contributed by atoms with Gasteiger partial charge in [0.2, 0.25) is 0 Å². The first kappa shape index (κ1) is 13.4. The lowest BCUT2D eigenvalue weighted by atomic mass is 10.3. The molecular formula is C13H9ClFN5O. The van der Waals surface area contributed by atoms with Crippen molar-refractivity contribution in [2.24, 2.45) is 0 Å². The number of nitrogens with zero attached hydrogens (tertiary/aromatic N) is 5. The first-order valence-electron chi connectivity index (χ1n) is 5.98. The van der Waals surface area contributed by atoms with Crippen molar-refractivity contribution in [3.63, 3.8) is 0 Å². The molecule has 6 nitrogen and oxygen atoms in total. The van der Waals surface area contributed by atoms with Crippen molar-refractivity contribution in [2.75, 3.05) is 0 Å². The Morgan fingerprint density at radius 2 is 1.86 bits per heavy atom. The molecule has 0 N–H and O–H groups in total. The first-order chi connectivity index (χ1) is 10.2. The number of rotatable bonds is 4. The van der Waals surface area contributed by atoms with Crippen LogP contribution in [0.15, 0.2) is 42.9 Å². The predicted molar refractivity (Wildman–Crippen MR) is 72.7 cm³/mol. The highest BCUT2D eigenvalue weighted by molar-refractivity contribution is 6.30. The van der Waals surface area contributed by atoms with Crippen molar-refractivity contribution in [1.82, 2.24) is 25.0 Å². The topological polar surface area (TPSA) is 65.7 Å². The smallest absolute Gasteiger partial charge is 0.316 e. The molecule has 0 spiro atoms. The molecule has 0 atom stereocenters. The van der Waals surface area contributed by atoms with Crippen LogP contribution in [-0.4, -0.2) is 25.0 Å². The molecule has 2 heterocycles. The molecule has 21 heavy (non-hydrogen) atoms. The number of hydrogen-bond acceptors (Lipinski definition) is 5. The van der Waals surface area contributed by atoms with E-state index >= 15 is 0 Å². The Balaban J connectivity index is 1.67. The van der Waals surface area contributed by atoms with Crippen molar-refractivity contribution in [3.8, 4) is 11.7 Å². The van der Waals surface area contributed by atoms with Crippen LogP contribution in [0.25, 0.3) is 5.69 Å². The Labute approximate surface area is 124 Å². The van der Waals surface area contributed by atoms with E-state index in [1.54, 1.807) is 18.3 Å². The summed E-state index contributed by atoms with van der Waals surface area (Å²) in [4.78, 5) is 7.81. The molecule has 0 saturated heterocycles. The summed E-state index contributed by atoms with van der Waals surface area (Å²) in [5.41, 5.74) is 1.30. The summed E-state index contributed by atoms with van der Waals surface area (Å²) >= 11 is 5.68. The van der Waals surface area contributed by atoms with Crippen LogP contribution in [0.1, 0.15) is 5.69 Å². The molecule has 0 saturated carbocycles. The summed E-state index contributed by atoms with van der Waals surface area (Å²) in [5.74, 6) is -0.303. The Morgan fingerprint density at radius 3 is 2.57 bits per heavy atom. The molecule has 0 aliphatic rings. The van der Waals surface area contributed by atoms with Gasteiger partial charge in [0.15, 0.2) is 0 Å². The average Bonchev–Trinajstić information content (AvgIpc) is 2.96. The zero-order chi connectivity index (χ0) is 14.7. The Morgan fingerprint density at radius 1 is 1.14 bits per heavy atom. The highest BCUT2D eigenvalue weighted by Crippen LogP contribution is 2.10. The van der Waals surface area contributed by atoms with E-state index in [0.29, 0.717) is 16.4 Å². The minimum absolute atomic E-state index is 0.169. The fourth-order valence-corrected chi connectivity index (χ4v) is 1.70. The van der Waals surface area contributed by atoms with E-state index in [1.165, 1.54) is 29.2 Å². The largest absolute Gasteiger partial charge is 0.457 e. The number of hydrogen-bond donors (Lipinski definition) is 0. The van der Waals surface area contributed by atoms with Gasteiger partial charge in [0.1, 0.15) is 18.1 Å². The molecular weight excluding hydrogens is 297 g/mol. The highest BCUT2D eigenvalue weighted by atomic mass is 35.5. The zero-order valence-electron chi connectivity index (χ0n) is 10.6. The van der Waals surface area contributed by atoms with Gasteiger partial charge in [-0.05, 0) is 24.3 Å². The van der Waals surface area contributed by atoms with Gasteiger partial charge in [-0.1, -0.05) is 16.8 Å². The molecule has 1 aromatic carbocycles. The van der Waals surface area contributed by atoms with E-state index in [-0.39, 0.29) is 18.4 Å². The minimum Gasteiger partial charge on any atom is -0.457 e. The van der Waals surface area contributed by atoms with Crippen LogP contribution in [0, 0.1) is 5.82 Å². The molecule has 0 fully saturated rings. The minimum atomic E-state index is -0.303. The summed E-state index contributed by atoms with van der Waals surface area (Å²) < 4.78 is 19.7. The van der Waals surface area contributed by atoms with Gasteiger partial charge in [0, 0.05) is 0 Å². The zero-order valence-corrected chi connectivity index (χ0v) is 11.4. The normalized spacial score (nSPS) is 10.6. The molecule has 0 aliphatic heterocycles. The third-order valence-corrected chi connectivity index (χ3v) is 2.77. The molecule has 106 valence electrons. The standard InChI is InChI=1S/C13H9ClFN5O/c14-9-5-16-13(17-6-9)21-8-11-7-20(19-18-11)12-3-1-10(15)2-4-12/h1-7H,8H2. The number of aromatic nitrogens is 5. The maximum Gasteiger partial charge on any atom is 0.316 e. The molecule has 0 unspecified atom stereocenters. The van der Waals surface area contributed by atoms with Gasteiger partial charge < -0.3 is 4.74 Å². The molecule has 0 amide bonds. The van der Waals surface area contributed by atoms with Crippen LogP contribution in [0.5, 0.6) is 6.01 Å². The van der Waals surface area contributed by atoms with Crippen LogP contribution in [-0.2, 0) is 6.61 Å². The van der Waals surface area contributed by atoms with E-state index in [2.05, 4.69) is 20.3 Å². The second-order valence-electron chi connectivity index (χ2n) is 4.10. The van der Waals surface area contributed by atoms with Crippen molar-refractivity contribution in [2.45, 2.75) is 6.61 Å². The van der Waals surface area contributed by atoms with Gasteiger partial charge in [-0.25, -0.2) is 19.0 Å². The van der Waals surface area contributed by atoms with Crippen molar-refractivity contribution in [3.05, 3.63) is 59.4 Å². The van der Waals surface area contributed by atoms with Crippen molar-refractivity contribution >= 4 is 11.6 Å². The maximum absolute atomic E-state index is 12.9. The summed E-state index contributed by atoms with van der Waals surface area (Å²) in [6, 6.07) is 6.13. The lowest BCUT2D eigenvalue weighted by molar-refractivity contribution is 0.276. The van der Waals surface area contributed by atoms with Gasteiger partial charge in [-0.3, -0.25) is 0 Å². The van der Waals surface area contributed by atoms with E-state index in [1.807, 2.05) is 0 Å². The fraction of sp³-hybridized carbons (Fsp3) is 0.0769. The summed E-state index contributed by atoms with van der Waals surface area (Å²) in [5, 5.41) is 8.34. The van der Waals surface area contributed by atoms with Crippen LogP contribution in [0.4, 0.5) is 4.39 Å². The Hall–Kier alpha value is -2.54. The molecule has 3 rings (SSSR count). The quantitative estimate of drug-likeness (QED) is 0.740. The second kappa shape index (κ2) is 5.84. The van der Waals surface area contributed by atoms with Crippen LogP contribution < -0.4 is 4.74 Å². The summed E-state index contributed by atoms with van der Waals surface area (Å²) in [6.07, 6.45) is 4.57. The molecule has 0 aliphatic carbocycles. The highest BCUT2D eigenvalue weighted by Gasteiger charge is 2.05. The fourth-order valence-electron chi connectivity index (χ4n) is 1.60. The molecule has 0 bridgehead atoms. The van der Waals surface area contributed by atoms with E-state index in [4.69, 9.17) is 16.3 Å². The second-order valence-corrected chi connectivity index (χ2v) is 4.54. The lowest BCUT2D eigenvalue weighted by Crippen LogP contribution is -1.99. The number of ether oxygens (including phenoxy) is 1. The number of halogens is 2. The van der Waals surface area contributed by atoms with Gasteiger partial charge in [0.05, 0.1) is 29.3 Å². The maximum atomic E-state index is 12.9. The van der Waals surface area contributed by atoms with E-state index in [0.717, 1.165) is 0 Å². The number of benzene rings is 1. The lowest BCUT2D eigenvalue weighted by Gasteiger charge is -2.00. The third-order valence-electron chi connectivity index (χ3n) is 2.58. The first-order valence-corrected chi connectivity index (χ1v) is 6.36. The molecule has 8 heteroatoms. The average molecular weight is 306 g/mol. The SMILES string of the molecule is Fc1ccc(-n2cc(COc3ncc(Cl)cn3)nn2)cc1. The molecule has 2 aromatic heterocycles. The van der Waals surface area contributed by atoms with Gasteiger partial charge >= 0.3 is 6.01 Å². The molecule has 3 aromatic rings. The monoisotopic (exact) mass is 305 g/mol. The molecule has 0 radical (unpaired) electrons. The van der Waals surface area contributed by atoms with E-state index in [9.17, 15) is 4.39 Å². The van der Waals surface area contributed by atoms with Crippen molar-refractivity contribution < 1.29 is 9.13 Å². The Kier molecular flexibility index (Phi) is 3.74. The van der Waals surface area contributed by atoms with E-state index < -0.39 is 0 Å². The van der Waals surface area contributed by atoms with Crippen molar-refractivity contribution in [1.29, 1.82) is 0 Å². The van der Waals surface area contributed by atoms with Gasteiger partial charge in [-0.2, -0.15) is 0 Å². The Bertz CT molecular complexity index is 729. The van der Waals surface area contributed by atoms with Gasteiger partial charge in [0.25, 0.3) is 0 Å². The predicted octanol–water partition coefficient (Wildman–Crippen LogP) is 2.43. The van der Waals surface area contributed by atoms with Gasteiger partial charge in [-0.15, -0.1) is 5.10 Å². The summed E-state index contributed by atoms with van der Waals surface area (Å²) in [6.45, 7) is 0.169. The van der Waals surface area contributed by atoms with Crippen LogP contribution in [0.2, 0.25) is 5.02 Å².